The van der Waals surface area contributed by atoms with E-state index in [-0.39, 0.29) is 24.0 Å². The van der Waals surface area contributed by atoms with E-state index in [1.54, 1.807) is 6.92 Å². The second kappa shape index (κ2) is 8.81. The molecule has 1 atom stereocenters. The average Bonchev–Trinajstić information content (AvgIpc) is 3.24. The number of guanidine groups is 1. The highest BCUT2D eigenvalue weighted by molar-refractivity contribution is 14.0. The largest absolute Gasteiger partial charge is 0.357 e. The lowest BCUT2D eigenvalue weighted by atomic mass is 10.2. The maximum absolute atomic E-state index is 5.00. The smallest absolute Gasteiger partial charge is 0.223 e. The molecule has 0 radical (unpaired) electrons. The van der Waals surface area contributed by atoms with Gasteiger partial charge < -0.3 is 14.7 Å². The summed E-state index contributed by atoms with van der Waals surface area (Å²) in [6.07, 6.45) is 3.93. The van der Waals surface area contributed by atoms with Crippen LogP contribution in [0.5, 0.6) is 0 Å². The molecule has 1 aromatic heterocycles. The zero-order valence-corrected chi connectivity index (χ0v) is 16.3. The van der Waals surface area contributed by atoms with E-state index in [0.717, 1.165) is 25.6 Å². The Morgan fingerprint density at radius 2 is 2.13 bits per heavy atom. The molecule has 0 amide bonds. The Kier molecular flexibility index (Phi) is 7.07. The molecule has 23 heavy (non-hydrogen) atoms. The number of hydrogen-bond acceptors (Lipinski definition) is 5. The Morgan fingerprint density at radius 3 is 2.78 bits per heavy atom. The van der Waals surface area contributed by atoms with E-state index in [4.69, 9.17) is 4.52 Å². The minimum Gasteiger partial charge on any atom is -0.357 e. The van der Waals surface area contributed by atoms with Crippen molar-refractivity contribution in [1.82, 2.24) is 25.3 Å². The van der Waals surface area contributed by atoms with Crippen LogP contribution in [0.25, 0.3) is 0 Å². The summed E-state index contributed by atoms with van der Waals surface area (Å²) >= 11 is 0. The minimum absolute atomic E-state index is 0. The molecule has 7 nitrogen and oxygen atoms in total. The highest BCUT2D eigenvalue weighted by Gasteiger charge is 2.30. The van der Waals surface area contributed by atoms with E-state index in [2.05, 4.69) is 37.2 Å². The van der Waals surface area contributed by atoms with Gasteiger partial charge in [0, 0.05) is 32.6 Å². The van der Waals surface area contributed by atoms with Crippen molar-refractivity contribution in [1.29, 1.82) is 0 Å². The summed E-state index contributed by atoms with van der Waals surface area (Å²) in [5.41, 5.74) is 0. The number of nitrogens with one attached hydrogen (secondary N) is 1. The number of likely N-dealkylation sites (tertiary alicyclic amines) is 2. The van der Waals surface area contributed by atoms with Gasteiger partial charge in [-0.15, -0.1) is 24.0 Å². The van der Waals surface area contributed by atoms with Crippen LogP contribution in [0, 0.1) is 6.92 Å². The molecule has 8 heteroatoms. The van der Waals surface area contributed by atoms with Gasteiger partial charge in [-0.25, -0.2) is 4.99 Å². The van der Waals surface area contributed by atoms with E-state index in [0.29, 0.717) is 24.3 Å². The van der Waals surface area contributed by atoms with Gasteiger partial charge in [-0.3, -0.25) is 4.90 Å². The van der Waals surface area contributed by atoms with Gasteiger partial charge in [0.05, 0.1) is 0 Å². The molecule has 1 aromatic rings. The molecular formula is C15H27IN6O. The second-order valence-corrected chi connectivity index (χ2v) is 6.03. The zero-order chi connectivity index (χ0) is 15.4. The standard InChI is InChI=1S/C15H26N6O.HI/c1-3-16-15(17-10-14-18-12(2)22-19-14)21-9-6-13(11-21)20-7-4-5-8-20;/h13H,3-11H2,1-2H3,(H,16,17);1H. The molecule has 0 bridgehead atoms. The van der Waals surface area contributed by atoms with Gasteiger partial charge in [0.2, 0.25) is 5.89 Å². The average molecular weight is 434 g/mol. The second-order valence-electron chi connectivity index (χ2n) is 6.03. The Bertz CT molecular complexity index is 514. The predicted octanol–water partition coefficient (Wildman–Crippen LogP) is 1.63. The first kappa shape index (κ1) is 18.4. The van der Waals surface area contributed by atoms with Gasteiger partial charge in [-0.1, -0.05) is 5.16 Å². The lowest BCUT2D eigenvalue weighted by Gasteiger charge is -2.25. The van der Waals surface area contributed by atoms with Crippen LogP contribution in [0.15, 0.2) is 9.52 Å². The number of hydrogen-bond donors (Lipinski definition) is 1. The topological polar surface area (TPSA) is 69.8 Å². The molecule has 0 aliphatic carbocycles. The van der Waals surface area contributed by atoms with Gasteiger partial charge in [0.1, 0.15) is 6.54 Å². The molecule has 1 N–H and O–H groups in total. The maximum Gasteiger partial charge on any atom is 0.223 e. The van der Waals surface area contributed by atoms with Crippen molar-refractivity contribution < 1.29 is 4.52 Å². The normalized spacial score (nSPS) is 22.4. The van der Waals surface area contributed by atoms with Crippen LogP contribution in [0.1, 0.15) is 37.9 Å². The molecule has 0 spiro atoms. The van der Waals surface area contributed by atoms with Crippen LogP contribution >= 0.6 is 24.0 Å². The van der Waals surface area contributed by atoms with E-state index in [9.17, 15) is 0 Å². The van der Waals surface area contributed by atoms with Crippen LogP contribution in [-0.4, -0.2) is 64.7 Å². The van der Waals surface area contributed by atoms with Crippen molar-refractivity contribution >= 4 is 29.9 Å². The summed E-state index contributed by atoms with van der Waals surface area (Å²) in [6, 6.07) is 0.679. The highest BCUT2D eigenvalue weighted by Crippen LogP contribution is 2.20. The SMILES string of the molecule is CCNC(=NCc1noc(C)n1)N1CCC(N2CCCC2)C1.I. The highest BCUT2D eigenvalue weighted by atomic mass is 127. The quantitative estimate of drug-likeness (QED) is 0.442. The van der Waals surface area contributed by atoms with E-state index in [1.807, 2.05) is 0 Å². The third-order valence-electron chi connectivity index (χ3n) is 4.39. The van der Waals surface area contributed by atoms with Crippen LogP contribution in [-0.2, 0) is 6.54 Å². The summed E-state index contributed by atoms with van der Waals surface area (Å²) in [4.78, 5) is 13.9. The van der Waals surface area contributed by atoms with Crippen molar-refractivity contribution in [3.8, 4) is 0 Å². The van der Waals surface area contributed by atoms with Gasteiger partial charge in [-0.05, 0) is 39.3 Å². The predicted molar refractivity (Wildman–Crippen MR) is 100 cm³/mol. The fraction of sp³-hybridized carbons (Fsp3) is 0.800. The summed E-state index contributed by atoms with van der Waals surface area (Å²) in [5.74, 6) is 2.19. The summed E-state index contributed by atoms with van der Waals surface area (Å²) in [7, 11) is 0. The first-order valence-electron chi connectivity index (χ1n) is 8.32. The van der Waals surface area contributed by atoms with Crippen LogP contribution in [0.4, 0.5) is 0 Å². The number of halogens is 1. The zero-order valence-electron chi connectivity index (χ0n) is 14.0. The van der Waals surface area contributed by atoms with E-state index >= 15 is 0 Å². The number of aliphatic imine (C=N–C) groups is 1. The monoisotopic (exact) mass is 434 g/mol. The molecule has 3 rings (SSSR count). The molecule has 2 aliphatic rings. The third-order valence-corrected chi connectivity index (χ3v) is 4.39. The Labute approximate surface area is 154 Å². The van der Waals surface area contributed by atoms with Gasteiger partial charge in [0.25, 0.3) is 0 Å². The van der Waals surface area contributed by atoms with Gasteiger partial charge in [-0.2, -0.15) is 4.98 Å². The summed E-state index contributed by atoms with van der Waals surface area (Å²) < 4.78 is 5.00. The van der Waals surface area contributed by atoms with Crippen molar-refractivity contribution in [2.45, 2.75) is 45.7 Å². The number of rotatable bonds is 4. The van der Waals surface area contributed by atoms with Gasteiger partial charge in [0.15, 0.2) is 11.8 Å². The molecule has 1 unspecified atom stereocenters. The molecule has 0 saturated carbocycles. The number of aryl methyl sites for hydroxylation is 1. The summed E-state index contributed by atoms with van der Waals surface area (Å²) in [6.45, 7) is 9.88. The third kappa shape index (κ3) is 4.79. The first-order chi connectivity index (χ1) is 10.8. The fourth-order valence-electron chi connectivity index (χ4n) is 3.32. The first-order valence-corrected chi connectivity index (χ1v) is 8.32. The van der Waals surface area contributed by atoms with Crippen molar-refractivity contribution in [2.24, 2.45) is 4.99 Å². The van der Waals surface area contributed by atoms with Crippen LogP contribution in [0.3, 0.4) is 0 Å². The Hall–Kier alpha value is -0.900. The Balaban J connectivity index is 0.00000192. The van der Waals surface area contributed by atoms with Crippen LogP contribution in [0.2, 0.25) is 0 Å². The minimum atomic E-state index is 0. The molecule has 2 fully saturated rings. The maximum atomic E-state index is 5.00. The van der Waals surface area contributed by atoms with Crippen molar-refractivity contribution in [2.75, 3.05) is 32.7 Å². The number of nitrogens with zero attached hydrogens (tertiary/aromatic N) is 5. The van der Waals surface area contributed by atoms with Gasteiger partial charge >= 0.3 is 0 Å². The van der Waals surface area contributed by atoms with E-state index in [1.165, 1.54) is 32.4 Å². The lowest BCUT2D eigenvalue weighted by molar-refractivity contribution is 0.249. The van der Waals surface area contributed by atoms with Crippen molar-refractivity contribution in [3.05, 3.63) is 11.7 Å². The molecule has 2 aliphatic heterocycles. The molecule has 3 heterocycles. The molecule has 0 aromatic carbocycles. The number of aromatic nitrogens is 2. The Morgan fingerprint density at radius 1 is 1.35 bits per heavy atom. The summed E-state index contributed by atoms with van der Waals surface area (Å²) in [5, 5.41) is 7.29. The fourth-order valence-corrected chi connectivity index (χ4v) is 3.32. The van der Waals surface area contributed by atoms with Crippen molar-refractivity contribution in [3.63, 3.8) is 0 Å². The molecular weight excluding hydrogens is 407 g/mol. The molecule has 2 saturated heterocycles. The lowest BCUT2D eigenvalue weighted by Crippen LogP contribution is -2.42. The van der Waals surface area contributed by atoms with Crippen LogP contribution < -0.4 is 5.32 Å². The molecule has 130 valence electrons. The van der Waals surface area contributed by atoms with E-state index < -0.39 is 0 Å².